The van der Waals surface area contributed by atoms with E-state index in [1.165, 1.54) is 5.38 Å². The van der Waals surface area contributed by atoms with Gasteiger partial charge in [0.1, 0.15) is 6.10 Å². The fraction of sp³-hybridized carbons (Fsp3) is 0.250. The predicted molar refractivity (Wildman–Crippen MR) is 49.9 cm³/mol. The molecule has 2 atom stereocenters. The lowest BCUT2D eigenvalue weighted by Crippen LogP contribution is -2.26. The van der Waals surface area contributed by atoms with Crippen LogP contribution in [0.4, 0.5) is 0 Å². The second kappa shape index (κ2) is 4.39. The van der Waals surface area contributed by atoms with Crippen molar-refractivity contribution in [1.82, 2.24) is 0 Å². The highest BCUT2D eigenvalue weighted by molar-refractivity contribution is 7.10. The number of aromatic carboxylic acids is 1. The van der Waals surface area contributed by atoms with Gasteiger partial charge in [0.05, 0.1) is 5.56 Å². The smallest absolute Gasteiger partial charge is 0.336 e. The number of hydrogen-bond donors (Lipinski definition) is 4. The standard InChI is InChI=1S/C8H8O6S/c9-5(6(10)8(13)14)4-1-3(2-15-4)7(11)12/h1-2,5-6,9-10H,(H,11,12)(H,13,14). The summed E-state index contributed by atoms with van der Waals surface area (Å²) in [6.45, 7) is 0. The minimum atomic E-state index is -1.95. The third-order valence-electron chi connectivity index (χ3n) is 1.71. The molecule has 82 valence electrons. The largest absolute Gasteiger partial charge is 0.479 e. The molecular formula is C8H8O6S. The van der Waals surface area contributed by atoms with Crippen LogP contribution >= 0.6 is 11.3 Å². The number of carboxylic acid groups (broad SMARTS) is 2. The molecule has 1 aromatic rings. The highest BCUT2D eigenvalue weighted by atomic mass is 32.1. The van der Waals surface area contributed by atoms with Crippen LogP contribution in [0.5, 0.6) is 0 Å². The molecule has 0 aliphatic heterocycles. The number of hydrogen-bond acceptors (Lipinski definition) is 5. The first-order valence-electron chi connectivity index (χ1n) is 3.84. The predicted octanol–water partition coefficient (Wildman–Crippen LogP) is -0.0748. The Morgan fingerprint density at radius 2 is 1.87 bits per heavy atom. The van der Waals surface area contributed by atoms with Gasteiger partial charge in [-0.1, -0.05) is 0 Å². The van der Waals surface area contributed by atoms with Crippen LogP contribution in [0.2, 0.25) is 0 Å². The van der Waals surface area contributed by atoms with Gasteiger partial charge < -0.3 is 20.4 Å². The summed E-state index contributed by atoms with van der Waals surface area (Å²) in [7, 11) is 0. The molecule has 0 spiro atoms. The van der Waals surface area contributed by atoms with E-state index in [9.17, 15) is 14.7 Å². The zero-order valence-electron chi connectivity index (χ0n) is 7.32. The maximum atomic E-state index is 10.5. The highest BCUT2D eigenvalue weighted by Crippen LogP contribution is 2.24. The molecule has 0 aromatic carbocycles. The van der Waals surface area contributed by atoms with Crippen LogP contribution in [0.1, 0.15) is 21.3 Å². The Bertz CT molecular complexity index is 384. The van der Waals surface area contributed by atoms with Crippen molar-refractivity contribution in [2.24, 2.45) is 0 Å². The Hall–Kier alpha value is -1.44. The monoisotopic (exact) mass is 232 g/mol. The van der Waals surface area contributed by atoms with E-state index in [0.717, 1.165) is 17.4 Å². The average molecular weight is 232 g/mol. The van der Waals surface area contributed by atoms with E-state index in [2.05, 4.69) is 0 Å². The van der Waals surface area contributed by atoms with Crippen LogP contribution in [0, 0.1) is 0 Å². The summed E-state index contributed by atoms with van der Waals surface area (Å²) < 4.78 is 0. The fourth-order valence-electron chi connectivity index (χ4n) is 0.911. The van der Waals surface area contributed by atoms with Gasteiger partial charge >= 0.3 is 11.9 Å². The van der Waals surface area contributed by atoms with Gasteiger partial charge in [0.25, 0.3) is 0 Å². The van der Waals surface area contributed by atoms with Gasteiger partial charge in [0, 0.05) is 10.3 Å². The van der Waals surface area contributed by atoms with Gasteiger partial charge in [0.2, 0.25) is 0 Å². The first-order valence-corrected chi connectivity index (χ1v) is 4.72. The van der Waals surface area contributed by atoms with Crippen molar-refractivity contribution >= 4 is 23.3 Å². The highest BCUT2D eigenvalue weighted by Gasteiger charge is 2.26. The lowest BCUT2D eigenvalue weighted by atomic mass is 10.1. The van der Waals surface area contributed by atoms with Gasteiger partial charge in [0.15, 0.2) is 6.10 Å². The number of aliphatic carboxylic acids is 1. The molecule has 15 heavy (non-hydrogen) atoms. The molecule has 7 heteroatoms. The Morgan fingerprint density at radius 3 is 2.27 bits per heavy atom. The van der Waals surface area contributed by atoms with E-state index in [4.69, 9.17) is 15.3 Å². The zero-order chi connectivity index (χ0) is 11.6. The van der Waals surface area contributed by atoms with Crippen molar-refractivity contribution in [3.63, 3.8) is 0 Å². The van der Waals surface area contributed by atoms with Crippen molar-refractivity contribution in [3.05, 3.63) is 21.9 Å². The summed E-state index contributed by atoms with van der Waals surface area (Å²) in [6, 6.07) is 1.13. The van der Waals surface area contributed by atoms with Crippen LogP contribution in [0.15, 0.2) is 11.4 Å². The van der Waals surface area contributed by atoms with Crippen molar-refractivity contribution < 1.29 is 30.0 Å². The maximum absolute atomic E-state index is 10.5. The van der Waals surface area contributed by atoms with Gasteiger partial charge in [-0.3, -0.25) is 0 Å². The Kier molecular flexibility index (Phi) is 3.40. The van der Waals surface area contributed by atoms with Crippen molar-refractivity contribution in [2.75, 3.05) is 0 Å². The first-order chi connectivity index (χ1) is 6.93. The molecule has 0 aliphatic rings. The number of carboxylic acids is 2. The molecular weight excluding hydrogens is 224 g/mol. The molecule has 0 amide bonds. The van der Waals surface area contributed by atoms with Crippen LogP contribution < -0.4 is 0 Å². The summed E-state index contributed by atoms with van der Waals surface area (Å²) >= 11 is 0.878. The second-order valence-corrected chi connectivity index (χ2v) is 3.71. The summed E-state index contributed by atoms with van der Waals surface area (Å²) in [5.74, 6) is -2.73. The molecule has 0 aliphatic carbocycles. The van der Waals surface area contributed by atoms with E-state index < -0.39 is 24.1 Å². The molecule has 0 saturated heterocycles. The van der Waals surface area contributed by atoms with Gasteiger partial charge in [-0.05, 0) is 6.07 Å². The molecule has 6 nitrogen and oxygen atoms in total. The lowest BCUT2D eigenvalue weighted by Gasteiger charge is -2.11. The fourth-order valence-corrected chi connectivity index (χ4v) is 1.81. The molecule has 0 fully saturated rings. The number of thiophene rings is 1. The van der Waals surface area contributed by atoms with Crippen LogP contribution in [-0.4, -0.2) is 38.5 Å². The Labute approximate surface area is 88.0 Å². The third-order valence-corrected chi connectivity index (χ3v) is 2.71. The maximum Gasteiger partial charge on any atom is 0.336 e. The minimum Gasteiger partial charge on any atom is -0.479 e. The molecule has 0 radical (unpaired) electrons. The van der Waals surface area contributed by atoms with Crippen molar-refractivity contribution in [1.29, 1.82) is 0 Å². The van der Waals surface area contributed by atoms with Crippen molar-refractivity contribution in [3.8, 4) is 0 Å². The summed E-state index contributed by atoms with van der Waals surface area (Å²) in [6.07, 6.45) is -3.56. The Morgan fingerprint density at radius 1 is 1.27 bits per heavy atom. The SMILES string of the molecule is O=C(O)c1csc(C(O)C(O)C(=O)O)c1. The molecule has 2 unspecified atom stereocenters. The first kappa shape index (κ1) is 11.6. The van der Waals surface area contributed by atoms with Gasteiger partial charge in [-0.15, -0.1) is 11.3 Å². The summed E-state index contributed by atoms with van der Waals surface area (Å²) in [5, 5.41) is 36.6. The summed E-state index contributed by atoms with van der Waals surface area (Å²) in [4.78, 5) is 20.9. The molecule has 1 rings (SSSR count). The van der Waals surface area contributed by atoms with Crippen LogP contribution in [0.3, 0.4) is 0 Å². The quantitative estimate of drug-likeness (QED) is 0.577. The van der Waals surface area contributed by atoms with Crippen LogP contribution in [0.25, 0.3) is 0 Å². The number of aliphatic hydroxyl groups is 2. The molecule has 1 aromatic heterocycles. The van der Waals surface area contributed by atoms with Gasteiger partial charge in [-0.2, -0.15) is 0 Å². The average Bonchev–Trinajstić information content (AvgIpc) is 2.64. The third kappa shape index (κ3) is 2.52. The van der Waals surface area contributed by atoms with E-state index in [-0.39, 0.29) is 10.4 Å². The van der Waals surface area contributed by atoms with Crippen LogP contribution in [-0.2, 0) is 4.79 Å². The lowest BCUT2D eigenvalue weighted by molar-refractivity contribution is -0.152. The van der Waals surface area contributed by atoms with E-state index in [0.29, 0.717) is 0 Å². The minimum absolute atomic E-state index is 0.0494. The Balaban J connectivity index is 2.87. The molecule has 1 heterocycles. The number of rotatable bonds is 4. The molecule has 4 N–H and O–H groups in total. The zero-order valence-corrected chi connectivity index (χ0v) is 8.14. The van der Waals surface area contributed by atoms with E-state index in [1.54, 1.807) is 0 Å². The number of carbonyl (C=O) groups is 2. The summed E-state index contributed by atoms with van der Waals surface area (Å²) in [5.41, 5.74) is -0.0494. The van der Waals surface area contributed by atoms with Gasteiger partial charge in [-0.25, -0.2) is 9.59 Å². The second-order valence-electron chi connectivity index (χ2n) is 2.77. The van der Waals surface area contributed by atoms with E-state index in [1.807, 2.05) is 0 Å². The van der Waals surface area contributed by atoms with Crippen molar-refractivity contribution in [2.45, 2.75) is 12.2 Å². The normalized spacial score (nSPS) is 14.5. The molecule has 0 bridgehead atoms. The number of aliphatic hydroxyl groups excluding tert-OH is 2. The molecule has 0 saturated carbocycles. The topological polar surface area (TPSA) is 115 Å². The van der Waals surface area contributed by atoms with E-state index >= 15 is 0 Å².